The first-order chi connectivity index (χ1) is 13.3. The molecule has 1 aliphatic rings. The van der Waals surface area contributed by atoms with Crippen molar-refractivity contribution in [2.24, 2.45) is 10.7 Å². The molecule has 0 amide bonds. The van der Waals surface area contributed by atoms with E-state index in [0.29, 0.717) is 12.2 Å². The van der Waals surface area contributed by atoms with E-state index in [0.717, 1.165) is 29.9 Å². The highest BCUT2D eigenvalue weighted by Gasteiger charge is 2.31. The molecule has 1 aliphatic heterocycles. The van der Waals surface area contributed by atoms with E-state index in [1.165, 1.54) is 12.1 Å². The van der Waals surface area contributed by atoms with Crippen molar-refractivity contribution in [3.63, 3.8) is 0 Å². The number of aliphatic imine (C=N–C) groups is 1. The summed E-state index contributed by atoms with van der Waals surface area (Å²) in [6, 6.07) is 12.5. The Balaban J connectivity index is 0.00000300. The third-order valence-electron chi connectivity index (χ3n) is 4.21. The molecule has 0 spiro atoms. The van der Waals surface area contributed by atoms with Crippen LogP contribution in [-0.2, 0) is 0 Å². The lowest BCUT2D eigenvalue weighted by molar-refractivity contribution is -0.274. The Morgan fingerprint density at radius 2 is 1.93 bits per heavy atom. The number of aliphatic hydroxyl groups excluding tert-OH is 1. The number of hydrogen-bond donors (Lipinski definition) is 3. The van der Waals surface area contributed by atoms with Crippen LogP contribution in [-0.4, -0.2) is 30.6 Å². The van der Waals surface area contributed by atoms with Crippen LogP contribution in [0.15, 0.2) is 53.5 Å². The summed E-state index contributed by atoms with van der Waals surface area (Å²) in [6.45, 7) is 0.514. The predicted molar refractivity (Wildman–Crippen MR) is 112 cm³/mol. The zero-order valence-corrected chi connectivity index (χ0v) is 17.6. The number of nitrogens with one attached hydrogen (secondary N) is 1. The molecule has 29 heavy (non-hydrogen) atoms. The smallest absolute Gasteiger partial charge is 0.493 e. The maximum atomic E-state index is 12.2. The standard InChI is InChI=1S/C19H20F3N3O3.HI/c20-19(21,22)28-13-7-5-12(6-8-13)16(26)11-24-18(23)25-15-9-10-27-17-4-2-1-3-14(15)17;/h1-8,15-16,26H,9-11H2,(H3,23,24,25);1H. The highest BCUT2D eigenvalue weighted by atomic mass is 127. The number of halogens is 4. The number of nitrogens with zero attached hydrogens (tertiary/aromatic N) is 1. The van der Waals surface area contributed by atoms with Gasteiger partial charge in [0.15, 0.2) is 5.96 Å². The fourth-order valence-electron chi connectivity index (χ4n) is 2.90. The van der Waals surface area contributed by atoms with Crippen LogP contribution in [0.1, 0.15) is 29.7 Å². The van der Waals surface area contributed by atoms with Crippen molar-refractivity contribution in [3.8, 4) is 11.5 Å². The summed E-state index contributed by atoms with van der Waals surface area (Å²) in [6.07, 6.45) is -5.05. The normalized spacial score (nSPS) is 17.4. The number of alkyl halides is 3. The second-order valence-corrected chi connectivity index (χ2v) is 6.23. The molecule has 0 fully saturated rings. The SMILES string of the molecule is I.NC(=NCC(O)c1ccc(OC(F)(F)F)cc1)NC1CCOc2ccccc21. The molecule has 0 aromatic heterocycles. The zero-order valence-electron chi connectivity index (χ0n) is 15.2. The lowest BCUT2D eigenvalue weighted by Crippen LogP contribution is -2.37. The molecular formula is C19H21F3IN3O3. The quantitative estimate of drug-likeness (QED) is 0.317. The number of hydrogen-bond acceptors (Lipinski definition) is 4. The molecule has 0 bridgehead atoms. The van der Waals surface area contributed by atoms with Crippen molar-refractivity contribution in [2.45, 2.75) is 24.9 Å². The molecule has 3 rings (SSSR count). The summed E-state index contributed by atoms with van der Waals surface area (Å²) in [4.78, 5) is 4.13. The van der Waals surface area contributed by atoms with Gasteiger partial charge < -0.3 is 25.6 Å². The van der Waals surface area contributed by atoms with Gasteiger partial charge in [-0.2, -0.15) is 0 Å². The van der Waals surface area contributed by atoms with Crippen molar-refractivity contribution in [1.29, 1.82) is 0 Å². The second kappa shape index (κ2) is 10.0. The van der Waals surface area contributed by atoms with E-state index in [1.54, 1.807) is 0 Å². The van der Waals surface area contributed by atoms with Gasteiger partial charge in [-0.3, -0.25) is 4.99 Å². The van der Waals surface area contributed by atoms with E-state index >= 15 is 0 Å². The molecule has 0 aliphatic carbocycles. The number of rotatable bonds is 5. The minimum absolute atomic E-state index is 0. The fourth-order valence-corrected chi connectivity index (χ4v) is 2.90. The van der Waals surface area contributed by atoms with E-state index in [4.69, 9.17) is 10.5 Å². The number of nitrogens with two attached hydrogens (primary N) is 1. The van der Waals surface area contributed by atoms with Crippen LogP contribution in [0.5, 0.6) is 11.5 Å². The molecule has 2 aromatic rings. The number of benzene rings is 2. The maximum absolute atomic E-state index is 12.2. The van der Waals surface area contributed by atoms with Gasteiger partial charge >= 0.3 is 6.36 Å². The topological polar surface area (TPSA) is 89.1 Å². The van der Waals surface area contributed by atoms with Crippen LogP contribution in [0.4, 0.5) is 13.2 Å². The average molecular weight is 523 g/mol. The molecule has 0 saturated carbocycles. The van der Waals surface area contributed by atoms with Gasteiger partial charge in [-0.25, -0.2) is 0 Å². The van der Waals surface area contributed by atoms with Gasteiger partial charge in [0, 0.05) is 12.0 Å². The molecule has 2 aromatic carbocycles. The molecule has 1 heterocycles. The summed E-state index contributed by atoms with van der Waals surface area (Å²) in [5.41, 5.74) is 7.31. The van der Waals surface area contributed by atoms with Crippen molar-refractivity contribution in [1.82, 2.24) is 5.32 Å². The molecule has 0 radical (unpaired) electrons. The van der Waals surface area contributed by atoms with Gasteiger partial charge in [-0.05, 0) is 23.8 Å². The highest BCUT2D eigenvalue weighted by molar-refractivity contribution is 14.0. The third kappa shape index (κ3) is 6.67. The highest BCUT2D eigenvalue weighted by Crippen LogP contribution is 2.31. The Morgan fingerprint density at radius 1 is 1.24 bits per heavy atom. The number of ether oxygens (including phenoxy) is 2. The molecule has 158 valence electrons. The molecule has 4 N–H and O–H groups in total. The number of guanidine groups is 1. The first-order valence-corrected chi connectivity index (χ1v) is 8.64. The van der Waals surface area contributed by atoms with E-state index in [2.05, 4.69) is 15.0 Å². The van der Waals surface area contributed by atoms with Crippen molar-refractivity contribution >= 4 is 29.9 Å². The minimum atomic E-state index is -4.76. The predicted octanol–water partition coefficient (Wildman–Crippen LogP) is 3.66. The van der Waals surface area contributed by atoms with Crippen LogP contribution >= 0.6 is 24.0 Å². The largest absolute Gasteiger partial charge is 0.573 e. The summed E-state index contributed by atoms with van der Waals surface area (Å²) in [5, 5.41) is 13.3. The Labute approximate surface area is 182 Å². The van der Waals surface area contributed by atoms with Crippen LogP contribution in [0.2, 0.25) is 0 Å². The molecule has 2 unspecified atom stereocenters. The summed E-state index contributed by atoms with van der Waals surface area (Å²) >= 11 is 0. The van der Waals surface area contributed by atoms with E-state index in [9.17, 15) is 18.3 Å². The van der Waals surface area contributed by atoms with E-state index < -0.39 is 12.5 Å². The maximum Gasteiger partial charge on any atom is 0.573 e. The van der Waals surface area contributed by atoms with E-state index in [-0.39, 0.29) is 48.3 Å². The average Bonchev–Trinajstić information content (AvgIpc) is 2.66. The Morgan fingerprint density at radius 3 is 2.62 bits per heavy atom. The molecule has 0 saturated heterocycles. The van der Waals surface area contributed by atoms with Crippen LogP contribution < -0.4 is 20.5 Å². The van der Waals surface area contributed by atoms with Gasteiger partial charge in [0.1, 0.15) is 11.5 Å². The van der Waals surface area contributed by atoms with Gasteiger partial charge in [0.2, 0.25) is 0 Å². The van der Waals surface area contributed by atoms with Crippen LogP contribution in [0.25, 0.3) is 0 Å². The number of fused-ring (bicyclic) bond motifs is 1. The lowest BCUT2D eigenvalue weighted by atomic mass is 10.0. The second-order valence-electron chi connectivity index (χ2n) is 6.23. The number of aliphatic hydroxyl groups is 1. The first-order valence-electron chi connectivity index (χ1n) is 8.64. The van der Waals surface area contributed by atoms with Gasteiger partial charge in [0.05, 0.1) is 25.3 Å². The lowest BCUT2D eigenvalue weighted by Gasteiger charge is -2.27. The summed E-state index contributed by atoms with van der Waals surface area (Å²) < 4.78 is 45.9. The molecular weight excluding hydrogens is 502 g/mol. The Hall–Kier alpha value is -2.21. The molecule has 6 nitrogen and oxygen atoms in total. The van der Waals surface area contributed by atoms with Gasteiger partial charge in [0.25, 0.3) is 0 Å². The van der Waals surface area contributed by atoms with Gasteiger partial charge in [-0.1, -0.05) is 30.3 Å². The first kappa shape index (κ1) is 23.1. The van der Waals surface area contributed by atoms with Crippen molar-refractivity contribution in [3.05, 3.63) is 59.7 Å². The van der Waals surface area contributed by atoms with Crippen molar-refractivity contribution in [2.75, 3.05) is 13.2 Å². The third-order valence-corrected chi connectivity index (χ3v) is 4.21. The van der Waals surface area contributed by atoms with Crippen LogP contribution in [0.3, 0.4) is 0 Å². The summed E-state index contributed by atoms with van der Waals surface area (Å²) in [7, 11) is 0. The summed E-state index contributed by atoms with van der Waals surface area (Å²) in [5.74, 6) is 0.601. The zero-order chi connectivity index (χ0) is 20.1. The Bertz CT molecular complexity index is 831. The fraction of sp³-hybridized carbons (Fsp3) is 0.316. The minimum Gasteiger partial charge on any atom is -0.493 e. The van der Waals surface area contributed by atoms with Crippen molar-refractivity contribution < 1.29 is 27.8 Å². The monoisotopic (exact) mass is 523 g/mol. The molecule has 2 atom stereocenters. The van der Waals surface area contributed by atoms with Crippen LogP contribution in [0, 0.1) is 0 Å². The van der Waals surface area contributed by atoms with E-state index in [1.807, 2.05) is 24.3 Å². The molecule has 10 heteroatoms. The Kier molecular flexibility index (Phi) is 7.96. The van der Waals surface area contributed by atoms with Gasteiger partial charge in [-0.15, -0.1) is 37.1 Å². The number of para-hydroxylation sites is 1.